The van der Waals surface area contributed by atoms with Gasteiger partial charge in [-0.2, -0.15) is 0 Å². The topological polar surface area (TPSA) is 124 Å². The minimum absolute atomic E-state index is 0.0698. The normalized spacial score (nSPS) is 24.2. The fourth-order valence-corrected chi connectivity index (χ4v) is 4.93. The molecule has 1 aromatic heterocycles. The van der Waals surface area contributed by atoms with Crippen LogP contribution in [0.1, 0.15) is 57.9 Å². The summed E-state index contributed by atoms with van der Waals surface area (Å²) in [6.07, 6.45) is 1.03. The van der Waals surface area contributed by atoms with E-state index in [1.165, 1.54) is 25.9 Å². The van der Waals surface area contributed by atoms with Crippen molar-refractivity contribution < 1.29 is 33.4 Å². The number of benzene rings is 1. The lowest BCUT2D eigenvalue weighted by molar-refractivity contribution is -0.130. The van der Waals surface area contributed by atoms with Crippen LogP contribution in [-0.4, -0.2) is 70.4 Å². The van der Waals surface area contributed by atoms with Gasteiger partial charge in [0.15, 0.2) is 11.6 Å². The summed E-state index contributed by atoms with van der Waals surface area (Å²) < 4.78 is 17.2. The molecule has 1 aliphatic carbocycles. The van der Waals surface area contributed by atoms with E-state index in [0.717, 1.165) is 0 Å². The molecule has 2 heterocycles. The van der Waals surface area contributed by atoms with E-state index in [9.17, 15) is 19.2 Å². The van der Waals surface area contributed by atoms with Crippen LogP contribution in [0.3, 0.4) is 0 Å². The van der Waals surface area contributed by atoms with E-state index in [1.807, 2.05) is 0 Å². The van der Waals surface area contributed by atoms with E-state index in [1.54, 1.807) is 51.1 Å². The molecule has 39 heavy (non-hydrogen) atoms. The first-order valence-electron chi connectivity index (χ1n) is 12.9. The number of ketones is 2. The van der Waals surface area contributed by atoms with Crippen LogP contribution >= 0.6 is 0 Å². The number of fused-ring (bicyclic) bond motifs is 1. The SMILES string of the molecule is C=CC1CC1(NC(=O)C1CC(Oc2cc(C(C)=O)nc3cc(OC)ccc23)CN1C(=O)OC(C)(C)C)C(C)=O. The number of nitrogens with one attached hydrogen (secondary N) is 1. The third kappa shape index (κ3) is 5.74. The summed E-state index contributed by atoms with van der Waals surface area (Å²) in [4.78, 5) is 57.0. The quantitative estimate of drug-likeness (QED) is 0.398. The Hall–Kier alpha value is -3.95. The number of hydrogen-bond donors (Lipinski definition) is 1. The third-order valence-corrected chi connectivity index (χ3v) is 7.10. The molecular weight excluding hydrogens is 502 g/mol. The Morgan fingerprint density at radius 1 is 1.18 bits per heavy atom. The summed E-state index contributed by atoms with van der Waals surface area (Å²) in [5.74, 6) is -0.0391. The lowest BCUT2D eigenvalue weighted by Gasteiger charge is -2.28. The highest BCUT2D eigenvalue weighted by Gasteiger charge is 2.58. The average molecular weight is 538 g/mol. The van der Waals surface area contributed by atoms with E-state index in [4.69, 9.17) is 14.2 Å². The first-order valence-corrected chi connectivity index (χ1v) is 12.9. The van der Waals surface area contributed by atoms with E-state index in [-0.39, 0.29) is 36.1 Å². The van der Waals surface area contributed by atoms with Gasteiger partial charge in [0.1, 0.15) is 40.5 Å². The molecular formula is C29H35N3O7. The Morgan fingerprint density at radius 2 is 1.90 bits per heavy atom. The van der Waals surface area contributed by atoms with Crippen LogP contribution in [0, 0.1) is 5.92 Å². The van der Waals surface area contributed by atoms with Gasteiger partial charge in [0.25, 0.3) is 0 Å². The van der Waals surface area contributed by atoms with Gasteiger partial charge in [-0.25, -0.2) is 9.78 Å². The Kier molecular flexibility index (Phi) is 7.42. The maximum Gasteiger partial charge on any atom is 0.411 e. The van der Waals surface area contributed by atoms with Crippen molar-refractivity contribution in [2.75, 3.05) is 13.7 Å². The summed E-state index contributed by atoms with van der Waals surface area (Å²) in [5, 5.41) is 3.53. The van der Waals surface area contributed by atoms with Crippen LogP contribution in [-0.2, 0) is 14.3 Å². The molecule has 0 spiro atoms. The minimum Gasteiger partial charge on any atom is -0.497 e. The number of nitrogens with zero attached hydrogens (tertiary/aromatic N) is 2. The molecule has 1 aliphatic heterocycles. The number of hydrogen-bond acceptors (Lipinski definition) is 8. The monoisotopic (exact) mass is 537 g/mol. The summed E-state index contributed by atoms with van der Waals surface area (Å²) in [5.41, 5.74) is -1.05. The van der Waals surface area contributed by atoms with Gasteiger partial charge in [-0.3, -0.25) is 19.3 Å². The Morgan fingerprint density at radius 3 is 2.46 bits per heavy atom. The molecule has 1 aromatic carbocycles. The third-order valence-electron chi connectivity index (χ3n) is 7.10. The number of carbonyl (C=O) groups excluding carboxylic acids is 4. The minimum atomic E-state index is -1.01. The molecule has 0 radical (unpaired) electrons. The van der Waals surface area contributed by atoms with Crippen molar-refractivity contribution >= 4 is 34.5 Å². The number of likely N-dealkylation sites (tertiary alicyclic amines) is 1. The molecule has 2 amide bonds. The lowest BCUT2D eigenvalue weighted by atomic mass is 10.1. The van der Waals surface area contributed by atoms with Crippen LogP contribution < -0.4 is 14.8 Å². The second-order valence-electron chi connectivity index (χ2n) is 11.1. The maximum absolute atomic E-state index is 13.5. The molecule has 10 heteroatoms. The fourth-order valence-electron chi connectivity index (χ4n) is 4.93. The predicted molar refractivity (Wildman–Crippen MR) is 144 cm³/mol. The van der Waals surface area contributed by atoms with Crippen LogP contribution in [0.5, 0.6) is 11.5 Å². The molecule has 2 fully saturated rings. The van der Waals surface area contributed by atoms with E-state index >= 15 is 0 Å². The van der Waals surface area contributed by atoms with Crippen LogP contribution in [0.15, 0.2) is 36.9 Å². The van der Waals surface area contributed by atoms with Crippen molar-refractivity contribution in [1.82, 2.24) is 15.2 Å². The molecule has 2 aliphatic rings. The molecule has 4 unspecified atom stereocenters. The maximum atomic E-state index is 13.5. The molecule has 10 nitrogen and oxygen atoms in total. The number of methoxy groups -OCH3 is 1. The number of ether oxygens (including phenoxy) is 3. The van der Waals surface area contributed by atoms with Gasteiger partial charge < -0.3 is 19.5 Å². The number of pyridine rings is 1. The van der Waals surface area contributed by atoms with E-state index in [2.05, 4.69) is 16.9 Å². The summed E-state index contributed by atoms with van der Waals surface area (Å²) in [6, 6.07) is 5.89. The largest absolute Gasteiger partial charge is 0.497 e. The number of rotatable bonds is 8. The van der Waals surface area contributed by atoms with Crippen molar-refractivity contribution in [3.63, 3.8) is 0 Å². The van der Waals surface area contributed by atoms with Gasteiger partial charge in [0.2, 0.25) is 5.91 Å². The number of carbonyl (C=O) groups is 4. The first-order chi connectivity index (χ1) is 18.3. The van der Waals surface area contributed by atoms with Crippen molar-refractivity contribution in [2.24, 2.45) is 5.92 Å². The first kappa shape index (κ1) is 28.1. The summed E-state index contributed by atoms with van der Waals surface area (Å²) in [7, 11) is 1.54. The lowest BCUT2D eigenvalue weighted by Crippen LogP contribution is -2.53. The molecule has 1 saturated carbocycles. The smallest absolute Gasteiger partial charge is 0.411 e. The standard InChI is InChI=1S/C29H35N3O7/c1-8-18-14-29(18,17(3)34)31-26(35)24-12-20(15-32(24)27(36)39-28(4,5)6)38-25-13-22(16(2)33)30-23-11-19(37-7)9-10-21(23)25/h8-11,13,18,20,24H,1,12,14-15H2,2-7H3,(H,31,35). The van der Waals surface area contributed by atoms with Crippen molar-refractivity contribution in [1.29, 1.82) is 0 Å². The number of aromatic nitrogens is 1. The molecule has 0 bridgehead atoms. The van der Waals surface area contributed by atoms with Crippen LogP contribution in [0.2, 0.25) is 0 Å². The molecule has 1 saturated heterocycles. The average Bonchev–Trinajstić information content (AvgIpc) is 3.42. The predicted octanol–water partition coefficient (Wildman–Crippen LogP) is 3.85. The Labute approximate surface area is 227 Å². The summed E-state index contributed by atoms with van der Waals surface area (Å²) >= 11 is 0. The van der Waals surface area contributed by atoms with Crippen molar-refractivity contribution in [3.8, 4) is 11.5 Å². The van der Waals surface area contributed by atoms with Gasteiger partial charge in [-0.15, -0.1) is 6.58 Å². The molecule has 208 valence electrons. The highest BCUT2D eigenvalue weighted by molar-refractivity contribution is 5.98. The van der Waals surface area contributed by atoms with Crippen LogP contribution in [0.4, 0.5) is 4.79 Å². The van der Waals surface area contributed by atoms with Gasteiger partial charge in [0.05, 0.1) is 19.2 Å². The zero-order valence-corrected chi connectivity index (χ0v) is 23.2. The fraction of sp³-hybridized carbons (Fsp3) is 0.483. The van der Waals surface area contributed by atoms with Gasteiger partial charge >= 0.3 is 6.09 Å². The zero-order valence-electron chi connectivity index (χ0n) is 23.2. The second kappa shape index (κ2) is 10.3. The van der Waals surface area contributed by atoms with Crippen molar-refractivity contribution in [3.05, 3.63) is 42.6 Å². The molecule has 4 atom stereocenters. The molecule has 1 N–H and O–H groups in total. The van der Waals surface area contributed by atoms with Gasteiger partial charge in [-0.05, 0) is 46.2 Å². The molecule has 4 rings (SSSR count). The highest BCUT2D eigenvalue weighted by Crippen LogP contribution is 2.45. The summed E-state index contributed by atoms with van der Waals surface area (Å²) in [6.45, 7) is 11.9. The van der Waals surface area contributed by atoms with Gasteiger partial charge in [-0.1, -0.05) is 6.08 Å². The van der Waals surface area contributed by atoms with E-state index < -0.39 is 35.3 Å². The number of amides is 2. The number of Topliss-reactive ketones (excluding diaryl/α,β-unsaturated/α-hetero) is 2. The second-order valence-corrected chi connectivity index (χ2v) is 11.1. The van der Waals surface area contributed by atoms with Crippen molar-refractivity contribution in [2.45, 2.75) is 70.7 Å². The van der Waals surface area contributed by atoms with Gasteiger partial charge in [0, 0.05) is 36.8 Å². The molecule has 2 aromatic rings. The Balaban J connectivity index is 1.64. The van der Waals surface area contributed by atoms with E-state index in [0.29, 0.717) is 28.8 Å². The van der Waals surface area contributed by atoms with Crippen LogP contribution in [0.25, 0.3) is 10.9 Å². The highest BCUT2D eigenvalue weighted by atomic mass is 16.6. The zero-order chi connectivity index (χ0) is 28.7. The Bertz CT molecular complexity index is 1350.